The van der Waals surface area contributed by atoms with Crippen molar-refractivity contribution < 1.29 is 64.6 Å². The minimum absolute atomic E-state index is 0. The van der Waals surface area contributed by atoms with Crippen molar-refractivity contribution in [3.63, 3.8) is 0 Å². The minimum Gasteiger partial charge on any atom is -0.423 e. The molecule has 1 aliphatic heterocycles. The number of rotatable bonds is 3. The summed E-state index contributed by atoms with van der Waals surface area (Å²) in [5.41, 5.74) is 5.80. The quantitative estimate of drug-likeness (QED) is 0.690. The summed E-state index contributed by atoms with van der Waals surface area (Å²) in [7, 11) is -1.88. The number of hydrogen-bond donors (Lipinski definition) is 1. The molecule has 4 rings (SSSR count). The number of hydrogen-bond acceptors (Lipinski definition) is 4. The first-order chi connectivity index (χ1) is 11.4. The molecule has 0 spiro atoms. The molecule has 3 aliphatic rings. The van der Waals surface area contributed by atoms with E-state index in [1.54, 1.807) is 0 Å². The molecule has 1 aromatic carbocycles. The molecule has 6 nitrogen and oxygen atoms in total. The predicted molar refractivity (Wildman–Crippen MR) is 93.1 cm³/mol. The topological polar surface area (TPSA) is 80.6 Å². The SMILES string of the molecule is CN1CC(S(=O)(=O)[N-]C(=O)Nc2c3c(cc4c2CCC4)CCC3)C1.[K+]. The van der Waals surface area contributed by atoms with Crippen molar-refractivity contribution in [1.29, 1.82) is 0 Å². The number of carbonyl (C=O) groups excluding carboxylic acids is 1. The van der Waals surface area contributed by atoms with E-state index in [2.05, 4.69) is 16.1 Å². The van der Waals surface area contributed by atoms with Crippen molar-refractivity contribution >= 4 is 21.7 Å². The van der Waals surface area contributed by atoms with Gasteiger partial charge >= 0.3 is 51.4 Å². The van der Waals surface area contributed by atoms with E-state index in [9.17, 15) is 13.2 Å². The van der Waals surface area contributed by atoms with Gasteiger partial charge in [0.05, 0.1) is 5.25 Å². The van der Waals surface area contributed by atoms with Gasteiger partial charge in [0.1, 0.15) is 0 Å². The number of aryl methyl sites for hydroxylation is 2. The van der Waals surface area contributed by atoms with Gasteiger partial charge in [0.15, 0.2) is 16.1 Å². The Morgan fingerprint density at radius 3 is 2.20 bits per heavy atom. The number of carbonyl (C=O) groups is 1. The third-order valence-corrected chi connectivity index (χ3v) is 6.93. The van der Waals surface area contributed by atoms with Crippen molar-refractivity contribution in [1.82, 2.24) is 4.90 Å². The molecule has 0 aromatic heterocycles. The van der Waals surface area contributed by atoms with E-state index < -0.39 is 21.3 Å². The maximum Gasteiger partial charge on any atom is 1.00 e. The van der Waals surface area contributed by atoms with Gasteiger partial charge in [-0.15, -0.1) is 0 Å². The van der Waals surface area contributed by atoms with Crippen LogP contribution in [0.1, 0.15) is 35.1 Å². The average Bonchev–Trinajstić information content (AvgIpc) is 3.11. The number of benzene rings is 1. The van der Waals surface area contributed by atoms with E-state index >= 15 is 0 Å². The zero-order chi connectivity index (χ0) is 16.9. The standard InChI is InChI=1S/C17H23N3O3S.K/c1-20-9-13(10-20)24(22,23)19-17(21)18-16-14-6-2-4-11(14)8-12-5-3-7-15(12)16;/h8,13H,2-7,9-10H2,1H3,(H2,18,19,21);/q;+1/p-1. The van der Waals surface area contributed by atoms with E-state index in [0.717, 1.165) is 44.2 Å². The number of sulfonamides is 1. The second-order valence-electron chi connectivity index (χ2n) is 7.11. The third-order valence-electron chi connectivity index (χ3n) is 5.37. The largest absolute Gasteiger partial charge is 1.00 e. The van der Waals surface area contributed by atoms with Crippen LogP contribution in [-0.2, 0) is 35.7 Å². The van der Waals surface area contributed by atoms with Gasteiger partial charge in [0.25, 0.3) is 0 Å². The van der Waals surface area contributed by atoms with Crippen LogP contribution in [0.15, 0.2) is 6.07 Å². The predicted octanol–water partition coefficient (Wildman–Crippen LogP) is -0.783. The number of anilines is 1. The maximum atomic E-state index is 12.3. The van der Waals surface area contributed by atoms with Crippen molar-refractivity contribution in [2.45, 2.75) is 43.8 Å². The van der Waals surface area contributed by atoms with Crippen LogP contribution in [0.5, 0.6) is 0 Å². The third kappa shape index (κ3) is 3.85. The Hall–Kier alpha value is 0.0364. The molecule has 2 aliphatic carbocycles. The zero-order valence-electron chi connectivity index (χ0n) is 14.8. The summed E-state index contributed by atoms with van der Waals surface area (Å²) < 4.78 is 27.9. The Kier molecular flexibility index (Phi) is 6.00. The van der Waals surface area contributed by atoms with Crippen LogP contribution in [0.25, 0.3) is 4.72 Å². The molecular weight excluding hydrogens is 365 g/mol. The maximum absolute atomic E-state index is 12.3. The molecular formula is C17H22KN3O3S. The molecule has 0 atom stereocenters. The van der Waals surface area contributed by atoms with E-state index in [1.165, 1.54) is 22.3 Å². The van der Waals surface area contributed by atoms with Crippen LogP contribution in [0, 0.1) is 0 Å². The normalized spacial score (nSPS) is 19.6. The van der Waals surface area contributed by atoms with Gasteiger partial charge in [-0.3, -0.25) is 4.79 Å². The van der Waals surface area contributed by atoms with Gasteiger partial charge in [0, 0.05) is 13.1 Å². The Morgan fingerprint density at radius 1 is 1.12 bits per heavy atom. The monoisotopic (exact) mass is 387 g/mol. The second kappa shape index (κ2) is 7.57. The van der Waals surface area contributed by atoms with Crippen LogP contribution in [0.2, 0.25) is 0 Å². The molecule has 1 saturated heterocycles. The van der Waals surface area contributed by atoms with Crippen molar-refractivity contribution in [2.24, 2.45) is 0 Å². The molecule has 0 unspecified atom stereocenters. The molecule has 1 heterocycles. The molecule has 1 N–H and O–H groups in total. The first-order valence-corrected chi connectivity index (χ1v) is 10.1. The molecule has 0 radical (unpaired) electrons. The van der Waals surface area contributed by atoms with Gasteiger partial charge in [-0.05, 0) is 73.5 Å². The Labute approximate surface area is 191 Å². The van der Waals surface area contributed by atoms with Gasteiger partial charge in [-0.25, -0.2) is 8.42 Å². The first kappa shape index (κ1) is 19.8. The van der Waals surface area contributed by atoms with Gasteiger partial charge in [-0.1, -0.05) is 6.07 Å². The molecule has 0 bridgehead atoms. The molecule has 1 aromatic rings. The van der Waals surface area contributed by atoms with Gasteiger partial charge < -0.3 is 14.9 Å². The number of nitrogens with one attached hydrogen (secondary N) is 1. The summed E-state index contributed by atoms with van der Waals surface area (Å²) in [6.45, 7) is 0.879. The fraction of sp³-hybridized carbons (Fsp3) is 0.588. The summed E-state index contributed by atoms with van der Waals surface area (Å²) in [6, 6.07) is 1.53. The van der Waals surface area contributed by atoms with Crippen molar-refractivity contribution in [2.75, 3.05) is 25.5 Å². The number of nitrogens with zero attached hydrogens (tertiary/aromatic N) is 2. The molecule has 130 valence electrons. The Balaban J connectivity index is 0.00000182. The number of urea groups is 1. The molecule has 2 amide bonds. The van der Waals surface area contributed by atoms with Crippen LogP contribution < -0.4 is 56.7 Å². The van der Waals surface area contributed by atoms with Crippen LogP contribution in [0.3, 0.4) is 0 Å². The van der Waals surface area contributed by atoms with Gasteiger partial charge in [-0.2, -0.15) is 0 Å². The minimum atomic E-state index is -3.73. The molecule has 8 heteroatoms. The Bertz CT molecular complexity index is 772. The van der Waals surface area contributed by atoms with Crippen molar-refractivity contribution in [3.8, 4) is 0 Å². The number of amides is 2. The summed E-state index contributed by atoms with van der Waals surface area (Å²) in [5, 5.41) is 2.26. The second-order valence-corrected chi connectivity index (χ2v) is 8.99. The van der Waals surface area contributed by atoms with E-state index in [0.29, 0.717) is 13.1 Å². The van der Waals surface area contributed by atoms with E-state index in [4.69, 9.17) is 0 Å². The molecule has 25 heavy (non-hydrogen) atoms. The fourth-order valence-electron chi connectivity index (χ4n) is 4.12. The smallest absolute Gasteiger partial charge is 0.423 e. The van der Waals surface area contributed by atoms with Crippen LogP contribution >= 0.6 is 0 Å². The van der Waals surface area contributed by atoms with Crippen LogP contribution in [-0.4, -0.2) is 44.7 Å². The summed E-state index contributed by atoms with van der Waals surface area (Å²) in [4.78, 5) is 14.2. The summed E-state index contributed by atoms with van der Waals surface area (Å²) in [6.07, 6.45) is 6.14. The average molecular weight is 388 g/mol. The van der Waals surface area contributed by atoms with Gasteiger partial charge in [0.2, 0.25) is 0 Å². The first-order valence-electron chi connectivity index (χ1n) is 8.57. The fourth-order valence-corrected chi connectivity index (χ4v) is 5.43. The number of likely N-dealkylation sites (tertiary alicyclic amines) is 1. The van der Waals surface area contributed by atoms with Crippen LogP contribution in [0.4, 0.5) is 10.5 Å². The molecule has 0 saturated carbocycles. The van der Waals surface area contributed by atoms with E-state index in [-0.39, 0.29) is 51.4 Å². The summed E-state index contributed by atoms with van der Waals surface area (Å²) >= 11 is 0. The number of fused-ring (bicyclic) bond motifs is 2. The molecule has 1 fully saturated rings. The van der Waals surface area contributed by atoms with Crippen molar-refractivity contribution in [3.05, 3.63) is 33.0 Å². The summed E-state index contributed by atoms with van der Waals surface area (Å²) in [5.74, 6) is 0. The zero-order valence-corrected chi connectivity index (χ0v) is 18.8. The van der Waals surface area contributed by atoms with E-state index in [1.807, 2.05) is 11.9 Å². The Morgan fingerprint density at radius 2 is 1.68 bits per heavy atom.